The molecule has 0 aliphatic carbocycles. The van der Waals surface area contributed by atoms with E-state index in [4.69, 9.17) is 5.14 Å². The lowest BCUT2D eigenvalue weighted by molar-refractivity contribution is 0.597. The first kappa shape index (κ1) is 18.6. The summed E-state index contributed by atoms with van der Waals surface area (Å²) >= 11 is 0.966. The molecule has 3 aromatic rings. The van der Waals surface area contributed by atoms with Gasteiger partial charge in [0.1, 0.15) is 5.82 Å². The summed E-state index contributed by atoms with van der Waals surface area (Å²) in [6, 6.07) is 11.2. The van der Waals surface area contributed by atoms with Crippen LogP contribution >= 0.6 is 11.3 Å². The first-order valence-corrected chi connectivity index (χ1v) is 11.4. The van der Waals surface area contributed by atoms with E-state index in [1.165, 1.54) is 48.5 Å². The molecule has 0 bridgehead atoms. The molecule has 0 unspecified atom stereocenters. The van der Waals surface area contributed by atoms with Crippen LogP contribution in [0, 0.1) is 5.82 Å². The molecule has 0 aliphatic heterocycles. The van der Waals surface area contributed by atoms with Gasteiger partial charge in [-0.05, 0) is 29.8 Å². The fraction of sp³-hybridized carbons (Fsp3) is 0.0625. The average Bonchev–Trinajstić information content (AvgIpc) is 3.00. The molecule has 0 aliphatic rings. The van der Waals surface area contributed by atoms with Gasteiger partial charge in [-0.1, -0.05) is 24.3 Å². The van der Waals surface area contributed by atoms with Gasteiger partial charge in [0.15, 0.2) is 0 Å². The summed E-state index contributed by atoms with van der Waals surface area (Å²) in [4.78, 5) is 4.67. The largest absolute Gasteiger partial charge is 0.238 e. The lowest BCUT2D eigenvalue weighted by atomic mass is 10.1. The molecule has 2 N–H and O–H groups in total. The normalized spacial score (nSPS) is 12.3. The van der Waals surface area contributed by atoms with Crippen molar-refractivity contribution >= 4 is 31.2 Å². The van der Waals surface area contributed by atoms with Crippen LogP contribution < -0.4 is 5.14 Å². The summed E-state index contributed by atoms with van der Waals surface area (Å²) in [5, 5.41) is 5.09. The SMILES string of the molecule is CS(=O)(=O)c1nc(-c2ccc(S(N)(=O)=O)cc2)c(-c2ccc(F)cc2)s1. The Morgan fingerprint density at radius 2 is 1.46 bits per heavy atom. The molecule has 0 saturated carbocycles. The Morgan fingerprint density at radius 3 is 1.96 bits per heavy atom. The van der Waals surface area contributed by atoms with Crippen LogP contribution in [-0.4, -0.2) is 28.1 Å². The maximum Gasteiger partial charge on any atom is 0.238 e. The summed E-state index contributed by atoms with van der Waals surface area (Å²) < 4.78 is 59.7. The van der Waals surface area contributed by atoms with Crippen LogP contribution in [0.5, 0.6) is 0 Å². The number of nitrogens with zero attached hydrogens (tertiary/aromatic N) is 1. The zero-order valence-corrected chi connectivity index (χ0v) is 15.8. The van der Waals surface area contributed by atoms with Crippen molar-refractivity contribution in [1.29, 1.82) is 0 Å². The highest BCUT2D eigenvalue weighted by molar-refractivity contribution is 7.92. The second-order valence-electron chi connectivity index (χ2n) is 5.51. The highest BCUT2D eigenvalue weighted by Crippen LogP contribution is 2.38. The minimum absolute atomic E-state index is 0.0665. The maximum absolute atomic E-state index is 13.2. The van der Waals surface area contributed by atoms with Gasteiger partial charge < -0.3 is 0 Å². The van der Waals surface area contributed by atoms with Gasteiger partial charge in [-0.25, -0.2) is 31.3 Å². The predicted molar refractivity (Wildman–Crippen MR) is 97.4 cm³/mol. The Labute approximate surface area is 154 Å². The molecule has 0 amide bonds. The van der Waals surface area contributed by atoms with Gasteiger partial charge in [0.25, 0.3) is 0 Å². The highest BCUT2D eigenvalue weighted by atomic mass is 32.2. The van der Waals surface area contributed by atoms with Gasteiger partial charge in [0.2, 0.25) is 24.2 Å². The molecule has 0 radical (unpaired) electrons. The Balaban J connectivity index is 2.19. The third-order valence-electron chi connectivity index (χ3n) is 3.49. The van der Waals surface area contributed by atoms with Crippen molar-refractivity contribution in [1.82, 2.24) is 4.98 Å². The van der Waals surface area contributed by atoms with Crippen molar-refractivity contribution in [3.8, 4) is 21.7 Å². The number of sulfonamides is 1. The van der Waals surface area contributed by atoms with Gasteiger partial charge in [-0.3, -0.25) is 0 Å². The molecule has 10 heteroatoms. The lowest BCUT2D eigenvalue weighted by Gasteiger charge is -2.04. The van der Waals surface area contributed by atoms with Crippen LogP contribution in [0.1, 0.15) is 0 Å². The van der Waals surface area contributed by atoms with Gasteiger partial charge in [-0.2, -0.15) is 0 Å². The number of halogens is 1. The monoisotopic (exact) mass is 412 g/mol. The first-order chi connectivity index (χ1) is 12.1. The third-order valence-corrected chi connectivity index (χ3v) is 7.20. The molecule has 1 aromatic heterocycles. The number of benzene rings is 2. The summed E-state index contributed by atoms with van der Waals surface area (Å²) in [7, 11) is -7.38. The molecule has 26 heavy (non-hydrogen) atoms. The van der Waals surface area contributed by atoms with Crippen molar-refractivity contribution in [2.24, 2.45) is 5.14 Å². The standard InChI is InChI=1S/C16H13FN2O4S3/c1-25(20,21)16-19-14(10-4-8-13(9-5-10)26(18,22)23)15(24-16)11-2-6-12(17)7-3-11/h2-9H,1H3,(H2,18,22,23). The first-order valence-electron chi connectivity index (χ1n) is 7.16. The number of rotatable bonds is 4. The lowest BCUT2D eigenvalue weighted by Crippen LogP contribution is -2.11. The van der Waals surface area contributed by atoms with Crippen molar-refractivity contribution in [3.05, 3.63) is 54.3 Å². The third kappa shape index (κ3) is 3.83. The molecular weight excluding hydrogens is 399 g/mol. The number of nitrogens with two attached hydrogens (primary N) is 1. The molecule has 136 valence electrons. The number of aromatic nitrogens is 1. The van der Waals surface area contributed by atoms with E-state index in [9.17, 15) is 21.2 Å². The number of sulfone groups is 1. The van der Waals surface area contributed by atoms with Crippen LogP contribution in [-0.2, 0) is 19.9 Å². The summed E-state index contributed by atoms with van der Waals surface area (Å²) in [6.07, 6.45) is 1.05. The maximum atomic E-state index is 13.2. The predicted octanol–water partition coefficient (Wildman–Crippen LogP) is 2.67. The van der Waals surface area contributed by atoms with Crippen LogP contribution in [0.15, 0.2) is 57.8 Å². The molecular formula is C16H13FN2O4S3. The summed E-state index contributed by atoms with van der Waals surface area (Å²) in [6.45, 7) is 0. The Hall–Kier alpha value is -2.14. The van der Waals surface area contributed by atoms with Crippen molar-refractivity contribution in [3.63, 3.8) is 0 Å². The molecule has 0 atom stereocenters. The average molecular weight is 412 g/mol. The van der Waals surface area contributed by atoms with E-state index in [0.29, 0.717) is 21.7 Å². The van der Waals surface area contributed by atoms with E-state index in [1.807, 2.05) is 0 Å². The summed E-state index contributed by atoms with van der Waals surface area (Å²) in [5.74, 6) is -0.416. The number of hydrogen-bond donors (Lipinski definition) is 1. The number of hydrogen-bond acceptors (Lipinski definition) is 6. The minimum Gasteiger partial charge on any atom is -0.225 e. The van der Waals surface area contributed by atoms with Crippen LogP contribution in [0.25, 0.3) is 21.7 Å². The Morgan fingerprint density at radius 1 is 0.923 bits per heavy atom. The number of thiazole rings is 1. The molecule has 3 rings (SSSR count). The van der Waals surface area contributed by atoms with E-state index in [0.717, 1.165) is 17.6 Å². The second-order valence-corrected chi connectivity index (χ2v) is 10.3. The Bertz CT molecular complexity index is 1170. The van der Waals surface area contributed by atoms with Crippen LogP contribution in [0.3, 0.4) is 0 Å². The van der Waals surface area contributed by atoms with E-state index in [2.05, 4.69) is 4.98 Å². The zero-order chi connectivity index (χ0) is 19.1. The van der Waals surface area contributed by atoms with E-state index < -0.39 is 25.7 Å². The van der Waals surface area contributed by atoms with Crippen molar-refractivity contribution in [2.45, 2.75) is 9.24 Å². The second kappa shape index (κ2) is 6.54. The summed E-state index contributed by atoms with van der Waals surface area (Å²) in [5.41, 5.74) is 1.48. The highest BCUT2D eigenvalue weighted by Gasteiger charge is 2.21. The zero-order valence-electron chi connectivity index (χ0n) is 13.4. The molecule has 0 fully saturated rings. The fourth-order valence-corrected chi connectivity index (χ4v) is 4.71. The molecule has 0 saturated heterocycles. The topological polar surface area (TPSA) is 107 Å². The van der Waals surface area contributed by atoms with Gasteiger partial charge in [-0.15, -0.1) is 11.3 Å². The minimum atomic E-state index is -3.84. The quantitative estimate of drug-likeness (QED) is 0.709. The van der Waals surface area contributed by atoms with Crippen LogP contribution in [0.2, 0.25) is 0 Å². The molecule has 0 spiro atoms. The molecule has 2 aromatic carbocycles. The smallest absolute Gasteiger partial charge is 0.225 e. The number of primary sulfonamides is 1. The fourth-order valence-electron chi connectivity index (χ4n) is 2.25. The van der Waals surface area contributed by atoms with Gasteiger partial charge in [0.05, 0.1) is 15.5 Å². The molecule has 6 nitrogen and oxygen atoms in total. The van der Waals surface area contributed by atoms with E-state index >= 15 is 0 Å². The van der Waals surface area contributed by atoms with Crippen LogP contribution in [0.4, 0.5) is 4.39 Å². The van der Waals surface area contributed by atoms with Crippen molar-refractivity contribution in [2.75, 3.05) is 6.26 Å². The Kier molecular flexibility index (Phi) is 4.69. The van der Waals surface area contributed by atoms with Gasteiger partial charge in [0, 0.05) is 11.8 Å². The van der Waals surface area contributed by atoms with Gasteiger partial charge >= 0.3 is 0 Å². The van der Waals surface area contributed by atoms with Crippen molar-refractivity contribution < 1.29 is 21.2 Å². The van der Waals surface area contributed by atoms with E-state index in [1.54, 1.807) is 0 Å². The molecule has 1 heterocycles. The van der Waals surface area contributed by atoms with E-state index in [-0.39, 0.29) is 9.24 Å².